The van der Waals surface area contributed by atoms with Crippen LogP contribution in [0.15, 0.2) is 29.2 Å². The number of primary sulfonamides is 1. The SMILES string of the molecule is CC(C)(C)N(C(=O)C1CCCCC1)C1CC(=O)N(c2ccc(S(N)(=O)=O)cc2)C1=O. The molecule has 1 aliphatic heterocycles. The van der Waals surface area contributed by atoms with Crippen LogP contribution >= 0.6 is 0 Å². The van der Waals surface area contributed by atoms with Gasteiger partial charge in [0, 0.05) is 11.5 Å². The molecule has 1 aromatic rings. The fraction of sp³-hybridized carbons (Fsp3) is 0.571. The third-order valence-corrected chi connectivity index (χ3v) is 6.70. The Labute approximate surface area is 177 Å². The minimum absolute atomic E-state index is 0.0697. The molecule has 1 heterocycles. The number of carbonyl (C=O) groups excluding carboxylic acids is 3. The zero-order chi connectivity index (χ0) is 22.3. The van der Waals surface area contributed by atoms with Crippen molar-refractivity contribution in [3.05, 3.63) is 24.3 Å². The van der Waals surface area contributed by atoms with Crippen LogP contribution in [0.5, 0.6) is 0 Å². The number of imide groups is 1. The first kappa shape index (κ1) is 22.4. The highest BCUT2D eigenvalue weighted by atomic mass is 32.2. The molecule has 1 saturated heterocycles. The van der Waals surface area contributed by atoms with Crippen LogP contribution in [-0.2, 0) is 24.4 Å². The zero-order valence-electron chi connectivity index (χ0n) is 17.6. The fourth-order valence-electron chi connectivity index (χ4n) is 4.37. The number of benzene rings is 1. The van der Waals surface area contributed by atoms with E-state index in [1.807, 2.05) is 20.8 Å². The van der Waals surface area contributed by atoms with Gasteiger partial charge in [-0.1, -0.05) is 19.3 Å². The Balaban J connectivity index is 1.89. The lowest BCUT2D eigenvalue weighted by Gasteiger charge is -2.41. The van der Waals surface area contributed by atoms with Crippen molar-refractivity contribution in [2.75, 3.05) is 4.90 Å². The van der Waals surface area contributed by atoms with Crippen LogP contribution in [0.25, 0.3) is 0 Å². The van der Waals surface area contributed by atoms with E-state index in [1.165, 1.54) is 24.3 Å². The van der Waals surface area contributed by atoms with E-state index in [0.717, 1.165) is 37.0 Å². The Morgan fingerprint density at radius 3 is 2.13 bits per heavy atom. The Kier molecular flexibility index (Phi) is 6.06. The summed E-state index contributed by atoms with van der Waals surface area (Å²) in [5.74, 6) is -1.08. The van der Waals surface area contributed by atoms with Gasteiger partial charge in [0.1, 0.15) is 6.04 Å². The van der Waals surface area contributed by atoms with Gasteiger partial charge in [-0.25, -0.2) is 18.5 Å². The first-order chi connectivity index (χ1) is 13.9. The van der Waals surface area contributed by atoms with E-state index < -0.39 is 33.4 Å². The second-order valence-corrected chi connectivity index (χ2v) is 10.6. The van der Waals surface area contributed by atoms with Gasteiger partial charge in [0.25, 0.3) is 5.91 Å². The largest absolute Gasteiger partial charge is 0.325 e. The number of nitrogens with zero attached hydrogens (tertiary/aromatic N) is 2. The van der Waals surface area contributed by atoms with Crippen LogP contribution in [0.2, 0.25) is 0 Å². The number of amides is 3. The Bertz CT molecular complexity index is 944. The highest BCUT2D eigenvalue weighted by Crippen LogP contribution is 2.34. The van der Waals surface area contributed by atoms with Gasteiger partial charge < -0.3 is 4.90 Å². The zero-order valence-corrected chi connectivity index (χ0v) is 18.4. The van der Waals surface area contributed by atoms with Crippen LogP contribution in [-0.4, -0.2) is 42.6 Å². The van der Waals surface area contributed by atoms with Crippen LogP contribution in [0.4, 0.5) is 5.69 Å². The molecule has 1 aromatic carbocycles. The number of sulfonamides is 1. The van der Waals surface area contributed by atoms with Gasteiger partial charge in [0.2, 0.25) is 21.8 Å². The molecular weight excluding hydrogens is 406 g/mol. The molecule has 30 heavy (non-hydrogen) atoms. The molecule has 9 heteroatoms. The minimum atomic E-state index is -3.88. The molecule has 1 unspecified atom stereocenters. The van der Waals surface area contributed by atoms with Gasteiger partial charge in [-0.05, 0) is 57.9 Å². The van der Waals surface area contributed by atoms with E-state index in [4.69, 9.17) is 5.14 Å². The molecule has 8 nitrogen and oxygen atoms in total. The summed E-state index contributed by atoms with van der Waals surface area (Å²) in [5.41, 5.74) is -0.360. The molecule has 1 atom stereocenters. The maximum atomic E-state index is 13.3. The number of carbonyl (C=O) groups is 3. The number of hydrogen-bond donors (Lipinski definition) is 1. The van der Waals surface area contributed by atoms with E-state index in [9.17, 15) is 22.8 Å². The van der Waals surface area contributed by atoms with Crippen LogP contribution in [0.3, 0.4) is 0 Å². The van der Waals surface area contributed by atoms with E-state index in [2.05, 4.69) is 0 Å². The molecule has 1 aliphatic carbocycles. The molecule has 1 saturated carbocycles. The van der Waals surface area contributed by atoms with Crippen LogP contribution < -0.4 is 10.0 Å². The van der Waals surface area contributed by atoms with E-state index >= 15 is 0 Å². The molecule has 164 valence electrons. The van der Waals surface area contributed by atoms with Crippen molar-refractivity contribution < 1.29 is 22.8 Å². The normalized spacial score (nSPS) is 21.2. The van der Waals surface area contributed by atoms with Crippen LogP contribution in [0, 0.1) is 5.92 Å². The Morgan fingerprint density at radius 2 is 1.63 bits per heavy atom. The molecule has 0 spiro atoms. The lowest BCUT2D eigenvalue weighted by atomic mass is 9.86. The monoisotopic (exact) mass is 435 g/mol. The van der Waals surface area contributed by atoms with Crippen molar-refractivity contribution in [2.45, 2.75) is 75.8 Å². The summed E-state index contributed by atoms with van der Waals surface area (Å²) in [6.45, 7) is 5.61. The number of hydrogen-bond acceptors (Lipinski definition) is 5. The maximum Gasteiger partial charge on any atom is 0.257 e. The predicted octanol–water partition coefficient (Wildman–Crippen LogP) is 2.17. The molecule has 3 amide bonds. The van der Waals surface area contributed by atoms with Crippen molar-refractivity contribution in [2.24, 2.45) is 11.1 Å². The van der Waals surface area contributed by atoms with E-state index in [-0.39, 0.29) is 28.8 Å². The molecule has 2 fully saturated rings. The van der Waals surface area contributed by atoms with E-state index in [0.29, 0.717) is 0 Å². The summed E-state index contributed by atoms with van der Waals surface area (Å²) in [5, 5.41) is 5.11. The summed E-state index contributed by atoms with van der Waals surface area (Å²) in [4.78, 5) is 41.8. The summed E-state index contributed by atoms with van der Waals surface area (Å²) < 4.78 is 22.9. The predicted molar refractivity (Wildman–Crippen MR) is 112 cm³/mol. The Morgan fingerprint density at radius 1 is 1.07 bits per heavy atom. The summed E-state index contributed by atoms with van der Waals surface area (Å²) in [6.07, 6.45) is 4.62. The molecule has 2 N–H and O–H groups in total. The average molecular weight is 436 g/mol. The lowest BCUT2D eigenvalue weighted by molar-refractivity contribution is -0.148. The molecular formula is C21H29N3O5S. The Hall–Kier alpha value is -2.26. The van der Waals surface area contributed by atoms with Crippen LogP contribution in [0.1, 0.15) is 59.3 Å². The van der Waals surface area contributed by atoms with E-state index in [1.54, 1.807) is 4.90 Å². The lowest BCUT2D eigenvalue weighted by Crippen LogP contribution is -2.56. The average Bonchev–Trinajstić information content (AvgIpc) is 2.94. The summed E-state index contributed by atoms with van der Waals surface area (Å²) in [7, 11) is -3.88. The second kappa shape index (κ2) is 8.11. The molecule has 0 bridgehead atoms. The highest BCUT2D eigenvalue weighted by Gasteiger charge is 2.48. The fourth-order valence-corrected chi connectivity index (χ4v) is 4.89. The number of anilines is 1. The highest BCUT2D eigenvalue weighted by molar-refractivity contribution is 7.89. The summed E-state index contributed by atoms with van der Waals surface area (Å²) in [6, 6.07) is 4.40. The van der Waals surface area contributed by atoms with Crippen molar-refractivity contribution in [3.8, 4) is 0 Å². The third kappa shape index (κ3) is 4.41. The first-order valence-electron chi connectivity index (χ1n) is 10.2. The number of nitrogens with two attached hydrogens (primary N) is 1. The van der Waals surface area contributed by atoms with Gasteiger partial charge in [-0.2, -0.15) is 0 Å². The standard InChI is InChI=1S/C21H29N3O5S/c1-21(2,3)24(19(26)14-7-5-4-6-8-14)17-13-18(25)23(20(17)27)15-9-11-16(12-10-15)30(22,28)29/h9-12,14,17H,4-8,13H2,1-3H3,(H2,22,28,29). The topological polar surface area (TPSA) is 118 Å². The van der Waals surface area contributed by atoms with Gasteiger partial charge in [0.15, 0.2) is 0 Å². The smallest absolute Gasteiger partial charge is 0.257 e. The molecule has 0 aromatic heterocycles. The quantitative estimate of drug-likeness (QED) is 0.727. The van der Waals surface area contributed by atoms with Crippen molar-refractivity contribution in [1.82, 2.24) is 4.90 Å². The second-order valence-electron chi connectivity index (χ2n) is 9.04. The van der Waals surface area contributed by atoms with Crippen molar-refractivity contribution in [3.63, 3.8) is 0 Å². The molecule has 2 aliphatic rings. The van der Waals surface area contributed by atoms with Crippen molar-refractivity contribution >= 4 is 33.4 Å². The maximum absolute atomic E-state index is 13.3. The van der Waals surface area contributed by atoms with Gasteiger partial charge in [-0.15, -0.1) is 0 Å². The minimum Gasteiger partial charge on any atom is -0.325 e. The number of rotatable bonds is 4. The molecule has 3 rings (SSSR count). The molecule has 0 radical (unpaired) electrons. The first-order valence-corrected chi connectivity index (χ1v) is 11.8. The van der Waals surface area contributed by atoms with Gasteiger partial charge in [0.05, 0.1) is 17.0 Å². The summed E-state index contributed by atoms with van der Waals surface area (Å²) >= 11 is 0. The van der Waals surface area contributed by atoms with Crippen molar-refractivity contribution in [1.29, 1.82) is 0 Å². The van der Waals surface area contributed by atoms with Gasteiger partial charge in [-0.3, -0.25) is 14.4 Å². The van der Waals surface area contributed by atoms with Gasteiger partial charge >= 0.3 is 0 Å². The third-order valence-electron chi connectivity index (χ3n) is 5.77.